The molecule has 3 aromatic heterocycles. The van der Waals surface area contributed by atoms with Crippen LogP contribution in [-0.4, -0.2) is 32.4 Å². The van der Waals surface area contributed by atoms with Crippen LogP contribution in [0.5, 0.6) is 5.75 Å². The first-order valence-electron chi connectivity index (χ1n) is 8.39. The number of rotatable bonds is 5. The van der Waals surface area contributed by atoms with Gasteiger partial charge in [0.1, 0.15) is 17.1 Å². The molecule has 0 saturated carbocycles. The molecule has 9 heteroatoms. The molecular weight excluding hydrogens is 366 g/mol. The number of amides is 1. The summed E-state index contributed by atoms with van der Waals surface area (Å²) >= 11 is 1.47. The molecule has 0 bridgehead atoms. The zero-order chi connectivity index (χ0) is 19.0. The van der Waals surface area contributed by atoms with Gasteiger partial charge in [-0.3, -0.25) is 4.79 Å². The van der Waals surface area contributed by atoms with Crippen LogP contribution >= 0.6 is 11.3 Å². The van der Waals surface area contributed by atoms with Gasteiger partial charge in [0.2, 0.25) is 10.9 Å². The van der Waals surface area contributed by atoms with Gasteiger partial charge in [0.05, 0.1) is 22.7 Å². The minimum absolute atomic E-state index is 0.140. The van der Waals surface area contributed by atoms with Gasteiger partial charge in [-0.25, -0.2) is 4.98 Å². The van der Waals surface area contributed by atoms with E-state index < -0.39 is 5.91 Å². The first kappa shape index (κ1) is 17.2. The van der Waals surface area contributed by atoms with E-state index in [1.54, 1.807) is 23.7 Å². The van der Waals surface area contributed by atoms with Crippen molar-refractivity contribution >= 4 is 33.3 Å². The lowest BCUT2D eigenvalue weighted by atomic mass is 10.3. The fraction of sp³-hybridized carbons (Fsp3) is 0.222. The van der Waals surface area contributed by atoms with Crippen LogP contribution in [0.4, 0.5) is 5.82 Å². The number of nitrogens with zero attached hydrogens (tertiary/aromatic N) is 4. The predicted octanol–water partition coefficient (Wildman–Crippen LogP) is 3.74. The van der Waals surface area contributed by atoms with Crippen molar-refractivity contribution in [2.75, 3.05) is 11.9 Å². The summed E-state index contributed by atoms with van der Waals surface area (Å²) in [5, 5.41) is 11.6. The van der Waals surface area contributed by atoms with Crippen LogP contribution < -0.4 is 10.1 Å². The molecule has 1 amide bonds. The highest BCUT2D eigenvalue weighted by atomic mass is 32.1. The number of hydrogen-bond acceptors (Lipinski definition) is 7. The zero-order valence-corrected chi connectivity index (χ0v) is 15.8. The van der Waals surface area contributed by atoms with Gasteiger partial charge in [-0.05, 0) is 32.9 Å². The molecule has 3 heterocycles. The molecule has 0 unspecified atom stereocenters. The lowest BCUT2D eigenvalue weighted by molar-refractivity contribution is 0.0987. The van der Waals surface area contributed by atoms with Gasteiger partial charge in [0, 0.05) is 12.1 Å². The van der Waals surface area contributed by atoms with Crippen LogP contribution in [0.25, 0.3) is 15.3 Å². The first-order valence-corrected chi connectivity index (χ1v) is 9.21. The molecule has 138 valence electrons. The summed E-state index contributed by atoms with van der Waals surface area (Å²) in [5.41, 5.74) is 2.17. The number of thiazole rings is 1. The summed E-state index contributed by atoms with van der Waals surface area (Å²) in [7, 11) is 0. The Labute approximate surface area is 158 Å². The predicted molar refractivity (Wildman–Crippen MR) is 102 cm³/mol. The molecule has 0 spiro atoms. The topological polar surface area (TPSA) is 95.1 Å². The maximum Gasteiger partial charge on any atom is 0.295 e. The third-order valence-electron chi connectivity index (χ3n) is 3.78. The summed E-state index contributed by atoms with van der Waals surface area (Å²) in [5.74, 6) is 0.973. The van der Waals surface area contributed by atoms with Crippen molar-refractivity contribution in [3.05, 3.63) is 47.5 Å². The van der Waals surface area contributed by atoms with E-state index >= 15 is 0 Å². The van der Waals surface area contributed by atoms with E-state index in [9.17, 15) is 4.79 Å². The van der Waals surface area contributed by atoms with Crippen molar-refractivity contribution in [2.24, 2.45) is 0 Å². The average Bonchev–Trinajstić information content (AvgIpc) is 3.33. The lowest BCUT2D eigenvalue weighted by Crippen LogP contribution is -2.14. The van der Waals surface area contributed by atoms with E-state index in [1.165, 1.54) is 11.3 Å². The second-order valence-electron chi connectivity index (χ2n) is 5.90. The second kappa shape index (κ2) is 6.84. The van der Waals surface area contributed by atoms with Crippen LogP contribution in [0.2, 0.25) is 0 Å². The van der Waals surface area contributed by atoms with Gasteiger partial charge in [0.25, 0.3) is 5.91 Å². The molecule has 0 aliphatic rings. The molecule has 1 aromatic carbocycles. The van der Waals surface area contributed by atoms with Crippen LogP contribution in [-0.2, 0) is 0 Å². The van der Waals surface area contributed by atoms with Gasteiger partial charge in [-0.15, -0.1) is 0 Å². The Balaban J connectivity index is 1.71. The van der Waals surface area contributed by atoms with E-state index in [-0.39, 0.29) is 5.76 Å². The minimum atomic E-state index is -0.395. The summed E-state index contributed by atoms with van der Waals surface area (Å²) < 4.78 is 13.3. The van der Waals surface area contributed by atoms with E-state index in [2.05, 4.69) is 20.6 Å². The minimum Gasteiger partial charge on any atom is -0.492 e. The smallest absolute Gasteiger partial charge is 0.295 e. The molecule has 8 nitrogen and oxygen atoms in total. The number of aromatic nitrogens is 4. The maximum absolute atomic E-state index is 12.4. The fourth-order valence-electron chi connectivity index (χ4n) is 2.66. The van der Waals surface area contributed by atoms with Gasteiger partial charge in [-0.2, -0.15) is 9.78 Å². The Bertz CT molecular complexity index is 1130. The standard InChI is InChI=1S/C18H17N5O3S/c1-4-25-12-6-5-7-14-16(12)20-18(27-14)23-15(9-10(2)21-23)19-17(24)13-8-11(3)22-26-13/h5-9H,4H2,1-3H3,(H,19,24). The number of hydrogen-bond donors (Lipinski definition) is 1. The number of para-hydroxylation sites is 1. The Morgan fingerprint density at radius 1 is 1.30 bits per heavy atom. The van der Waals surface area contributed by atoms with E-state index in [0.717, 1.165) is 21.7 Å². The van der Waals surface area contributed by atoms with Gasteiger partial charge in [0.15, 0.2) is 0 Å². The molecule has 27 heavy (non-hydrogen) atoms. The van der Waals surface area contributed by atoms with E-state index in [4.69, 9.17) is 9.26 Å². The van der Waals surface area contributed by atoms with Gasteiger partial charge < -0.3 is 14.6 Å². The summed E-state index contributed by atoms with van der Waals surface area (Å²) in [4.78, 5) is 17.1. The molecule has 0 aliphatic carbocycles. The number of anilines is 1. The first-order chi connectivity index (χ1) is 13.0. The highest BCUT2D eigenvalue weighted by molar-refractivity contribution is 7.20. The fourth-order valence-corrected chi connectivity index (χ4v) is 3.61. The van der Waals surface area contributed by atoms with Crippen molar-refractivity contribution in [1.29, 1.82) is 0 Å². The average molecular weight is 383 g/mol. The van der Waals surface area contributed by atoms with Crippen LogP contribution in [0.1, 0.15) is 28.9 Å². The highest BCUT2D eigenvalue weighted by Gasteiger charge is 2.18. The second-order valence-corrected chi connectivity index (χ2v) is 6.91. The molecule has 0 radical (unpaired) electrons. The number of benzene rings is 1. The normalized spacial score (nSPS) is 11.1. The molecule has 0 saturated heterocycles. The Morgan fingerprint density at radius 2 is 2.15 bits per heavy atom. The quantitative estimate of drug-likeness (QED) is 0.564. The van der Waals surface area contributed by atoms with Crippen molar-refractivity contribution in [3.8, 4) is 10.9 Å². The SMILES string of the molecule is CCOc1cccc2sc(-n3nc(C)cc3NC(=O)c3cc(C)no3)nc12. The number of nitrogens with one attached hydrogen (secondary N) is 1. The number of carbonyl (C=O) groups excluding carboxylic acids is 1. The molecule has 4 aromatic rings. The molecule has 0 atom stereocenters. The number of ether oxygens (including phenoxy) is 1. The third-order valence-corrected chi connectivity index (χ3v) is 4.77. The van der Waals surface area contributed by atoms with Gasteiger partial charge in [-0.1, -0.05) is 22.6 Å². The van der Waals surface area contributed by atoms with Gasteiger partial charge >= 0.3 is 0 Å². The van der Waals surface area contributed by atoms with Crippen LogP contribution in [0.3, 0.4) is 0 Å². The molecular formula is C18H17N5O3S. The number of carbonyl (C=O) groups is 1. The Hall–Kier alpha value is -3.20. The van der Waals surface area contributed by atoms with E-state index in [0.29, 0.717) is 23.3 Å². The molecule has 1 N–H and O–H groups in total. The largest absolute Gasteiger partial charge is 0.492 e. The number of aryl methyl sites for hydroxylation is 2. The number of fused-ring (bicyclic) bond motifs is 1. The Kier molecular flexibility index (Phi) is 4.36. The lowest BCUT2D eigenvalue weighted by Gasteiger charge is -2.04. The highest BCUT2D eigenvalue weighted by Crippen LogP contribution is 2.32. The Morgan fingerprint density at radius 3 is 2.89 bits per heavy atom. The summed E-state index contributed by atoms with van der Waals surface area (Å²) in [6, 6.07) is 9.15. The zero-order valence-electron chi connectivity index (χ0n) is 15.0. The van der Waals surface area contributed by atoms with Crippen molar-refractivity contribution < 1.29 is 14.1 Å². The van der Waals surface area contributed by atoms with Crippen molar-refractivity contribution in [3.63, 3.8) is 0 Å². The maximum atomic E-state index is 12.4. The monoisotopic (exact) mass is 383 g/mol. The van der Waals surface area contributed by atoms with Crippen LogP contribution in [0, 0.1) is 13.8 Å². The summed E-state index contributed by atoms with van der Waals surface area (Å²) in [6.45, 7) is 6.10. The third kappa shape index (κ3) is 3.28. The molecule has 4 rings (SSSR count). The molecule has 0 fully saturated rings. The van der Waals surface area contributed by atoms with Crippen molar-refractivity contribution in [2.45, 2.75) is 20.8 Å². The van der Waals surface area contributed by atoms with E-state index in [1.807, 2.05) is 32.0 Å². The van der Waals surface area contributed by atoms with Crippen LogP contribution in [0.15, 0.2) is 34.9 Å². The van der Waals surface area contributed by atoms with Crippen molar-refractivity contribution in [1.82, 2.24) is 19.9 Å². The molecule has 0 aliphatic heterocycles. The summed E-state index contributed by atoms with van der Waals surface area (Å²) in [6.07, 6.45) is 0.